The molecule has 1 fully saturated rings. The van der Waals surface area contributed by atoms with Gasteiger partial charge in [-0.3, -0.25) is 9.48 Å². The maximum Gasteiger partial charge on any atom is 0.254 e. The fourth-order valence-electron chi connectivity index (χ4n) is 5.22. The summed E-state index contributed by atoms with van der Waals surface area (Å²) in [7, 11) is -1.55. The first-order valence-electron chi connectivity index (χ1n) is 11.8. The Balaban J connectivity index is 1.60. The lowest BCUT2D eigenvalue weighted by Crippen LogP contribution is -2.38. The highest BCUT2D eigenvalue weighted by Gasteiger charge is 2.31. The molecule has 0 atom stereocenters. The summed E-state index contributed by atoms with van der Waals surface area (Å²) in [6, 6.07) is 6.64. The SMILES string of the molecule is CCN(CC)S(=O)(=O)c1ccc(C(=O)N(Cc2nn(C)c3c2CCC3)C2CCCC2)cc1. The van der Waals surface area contributed by atoms with Crippen LogP contribution in [-0.2, 0) is 36.5 Å². The molecule has 0 spiro atoms. The highest BCUT2D eigenvalue weighted by atomic mass is 32.2. The van der Waals surface area contributed by atoms with Crippen molar-refractivity contribution in [2.45, 2.75) is 76.3 Å². The van der Waals surface area contributed by atoms with E-state index in [0.29, 0.717) is 25.2 Å². The van der Waals surface area contributed by atoms with Crippen molar-refractivity contribution in [2.24, 2.45) is 7.05 Å². The number of hydrogen-bond acceptors (Lipinski definition) is 4. The van der Waals surface area contributed by atoms with Gasteiger partial charge in [-0.2, -0.15) is 9.40 Å². The van der Waals surface area contributed by atoms with Gasteiger partial charge in [-0.25, -0.2) is 8.42 Å². The zero-order chi connectivity index (χ0) is 22.9. The molecular weight excluding hydrogens is 424 g/mol. The smallest absolute Gasteiger partial charge is 0.254 e. The molecule has 2 aliphatic carbocycles. The second kappa shape index (κ2) is 9.35. The number of nitrogens with zero attached hydrogens (tertiary/aromatic N) is 4. The van der Waals surface area contributed by atoms with Crippen molar-refractivity contribution in [2.75, 3.05) is 13.1 Å². The minimum absolute atomic E-state index is 0.0407. The molecule has 1 heterocycles. The van der Waals surface area contributed by atoms with Gasteiger partial charge in [0.1, 0.15) is 0 Å². The monoisotopic (exact) mass is 458 g/mol. The van der Waals surface area contributed by atoms with Gasteiger partial charge in [0.2, 0.25) is 10.0 Å². The third-order valence-electron chi connectivity index (χ3n) is 6.99. The van der Waals surface area contributed by atoms with Gasteiger partial charge in [0, 0.05) is 37.4 Å². The molecular formula is C24H34N4O3S. The van der Waals surface area contributed by atoms with Gasteiger partial charge in [0.25, 0.3) is 5.91 Å². The highest BCUT2D eigenvalue weighted by molar-refractivity contribution is 7.89. The summed E-state index contributed by atoms with van der Waals surface area (Å²) in [5, 5.41) is 4.74. The van der Waals surface area contributed by atoms with Gasteiger partial charge in [0.15, 0.2) is 0 Å². The van der Waals surface area contributed by atoms with E-state index in [9.17, 15) is 13.2 Å². The van der Waals surface area contributed by atoms with E-state index in [1.807, 2.05) is 30.5 Å². The van der Waals surface area contributed by atoms with Crippen molar-refractivity contribution in [1.82, 2.24) is 19.0 Å². The van der Waals surface area contributed by atoms with E-state index in [1.54, 1.807) is 24.3 Å². The predicted octanol–water partition coefficient (Wildman–Crippen LogP) is 3.52. The summed E-state index contributed by atoms with van der Waals surface area (Å²) in [5.74, 6) is -0.0407. The van der Waals surface area contributed by atoms with Crippen molar-refractivity contribution in [3.05, 3.63) is 46.8 Å². The minimum Gasteiger partial charge on any atom is -0.330 e. The van der Waals surface area contributed by atoms with Gasteiger partial charge < -0.3 is 4.90 Å². The summed E-state index contributed by atoms with van der Waals surface area (Å²) >= 11 is 0. The fourth-order valence-corrected chi connectivity index (χ4v) is 6.67. The summed E-state index contributed by atoms with van der Waals surface area (Å²) < 4.78 is 29.0. The lowest BCUT2D eigenvalue weighted by Gasteiger charge is -2.29. The van der Waals surface area contributed by atoms with Gasteiger partial charge in [-0.05, 0) is 61.9 Å². The van der Waals surface area contributed by atoms with Crippen LogP contribution in [0.3, 0.4) is 0 Å². The predicted molar refractivity (Wildman–Crippen MR) is 124 cm³/mol. The number of sulfonamides is 1. The van der Waals surface area contributed by atoms with E-state index < -0.39 is 10.0 Å². The Labute approximate surface area is 191 Å². The molecule has 0 saturated heterocycles. The van der Waals surface area contributed by atoms with Gasteiger partial charge in [0.05, 0.1) is 17.1 Å². The molecule has 7 nitrogen and oxygen atoms in total. The number of hydrogen-bond donors (Lipinski definition) is 0. The van der Waals surface area contributed by atoms with E-state index in [-0.39, 0.29) is 16.8 Å². The zero-order valence-electron chi connectivity index (χ0n) is 19.4. The average molecular weight is 459 g/mol. The van der Waals surface area contributed by atoms with Crippen LogP contribution in [0.2, 0.25) is 0 Å². The second-order valence-electron chi connectivity index (χ2n) is 8.83. The van der Waals surface area contributed by atoms with Crippen molar-refractivity contribution in [1.29, 1.82) is 0 Å². The molecule has 1 aromatic carbocycles. The Bertz CT molecular complexity index is 1070. The number of benzene rings is 1. The molecule has 1 saturated carbocycles. The van der Waals surface area contributed by atoms with Gasteiger partial charge >= 0.3 is 0 Å². The molecule has 32 heavy (non-hydrogen) atoms. The van der Waals surface area contributed by atoms with E-state index in [1.165, 1.54) is 15.6 Å². The molecule has 174 valence electrons. The first kappa shape index (κ1) is 23.0. The average Bonchev–Trinajstić information content (AvgIpc) is 3.53. The zero-order valence-corrected chi connectivity index (χ0v) is 20.2. The number of aryl methyl sites for hydroxylation is 1. The molecule has 0 radical (unpaired) electrons. The first-order valence-corrected chi connectivity index (χ1v) is 13.3. The Hall–Kier alpha value is -2.19. The quantitative estimate of drug-likeness (QED) is 0.607. The number of rotatable bonds is 8. The van der Waals surface area contributed by atoms with E-state index in [0.717, 1.165) is 50.6 Å². The van der Waals surface area contributed by atoms with E-state index >= 15 is 0 Å². The molecule has 0 N–H and O–H groups in total. The summed E-state index contributed by atoms with van der Waals surface area (Å²) in [5.41, 5.74) is 4.15. The van der Waals surface area contributed by atoms with Crippen molar-refractivity contribution < 1.29 is 13.2 Å². The minimum atomic E-state index is -3.54. The van der Waals surface area contributed by atoms with Crippen LogP contribution in [0.15, 0.2) is 29.2 Å². The summed E-state index contributed by atoms with van der Waals surface area (Å²) in [6.45, 7) is 5.01. The van der Waals surface area contributed by atoms with Crippen LogP contribution in [-0.4, -0.2) is 52.4 Å². The maximum absolute atomic E-state index is 13.6. The van der Waals surface area contributed by atoms with Crippen LogP contribution in [0.25, 0.3) is 0 Å². The highest BCUT2D eigenvalue weighted by Crippen LogP contribution is 2.30. The van der Waals surface area contributed by atoms with Crippen LogP contribution in [0.1, 0.15) is 73.3 Å². The number of amides is 1. The Morgan fingerprint density at radius 2 is 1.72 bits per heavy atom. The Kier molecular flexibility index (Phi) is 6.72. The van der Waals surface area contributed by atoms with Crippen LogP contribution >= 0.6 is 0 Å². The molecule has 1 aromatic heterocycles. The topological polar surface area (TPSA) is 75.5 Å². The number of aromatic nitrogens is 2. The van der Waals surface area contributed by atoms with Crippen molar-refractivity contribution >= 4 is 15.9 Å². The van der Waals surface area contributed by atoms with Crippen LogP contribution < -0.4 is 0 Å². The standard InChI is InChI=1S/C24H34N4O3S/c1-4-27(5-2)32(30,31)20-15-13-18(14-16-20)24(29)28(19-9-6-7-10-19)17-22-21-11-8-12-23(21)26(3)25-22/h13-16,19H,4-12,17H2,1-3H3. The molecule has 0 bridgehead atoms. The summed E-state index contributed by atoms with van der Waals surface area (Å²) in [4.78, 5) is 15.8. The molecule has 2 aliphatic rings. The fraction of sp³-hybridized carbons (Fsp3) is 0.583. The number of carbonyl (C=O) groups is 1. The van der Waals surface area contributed by atoms with E-state index in [4.69, 9.17) is 5.10 Å². The molecule has 2 aromatic rings. The molecule has 4 rings (SSSR count). The van der Waals surface area contributed by atoms with Crippen LogP contribution in [0.4, 0.5) is 0 Å². The number of carbonyl (C=O) groups excluding carboxylic acids is 1. The second-order valence-corrected chi connectivity index (χ2v) is 10.8. The normalized spacial score (nSPS) is 16.6. The number of fused-ring (bicyclic) bond motifs is 1. The lowest BCUT2D eigenvalue weighted by atomic mass is 10.1. The molecule has 0 aliphatic heterocycles. The van der Waals surface area contributed by atoms with Crippen molar-refractivity contribution in [3.8, 4) is 0 Å². The van der Waals surface area contributed by atoms with Crippen LogP contribution in [0.5, 0.6) is 0 Å². The molecule has 0 unspecified atom stereocenters. The third-order valence-corrected chi connectivity index (χ3v) is 9.05. The first-order chi connectivity index (χ1) is 15.4. The summed E-state index contributed by atoms with van der Waals surface area (Å²) in [6.07, 6.45) is 7.52. The van der Waals surface area contributed by atoms with Crippen molar-refractivity contribution in [3.63, 3.8) is 0 Å². The largest absolute Gasteiger partial charge is 0.330 e. The lowest BCUT2D eigenvalue weighted by molar-refractivity contribution is 0.0660. The molecule has 1 amide bonds. The van der Waals surface area contributed by atoms with E-state index in [2.05, 4.69) is 0 Å². The Morgan fingerprint density at radius 3 is 2.34 bits per heavy atom. The van der Waals surface area contributed by atoms with Gasteiger partial charge in [-0.15, -0.1) is 0 Å². The maximum atomic E-state index is 13.6. The third kappa shape index (κ3) is 4.22. The molecule has 8 heteroatoms. The Morgan fingerprint density at radius 1 is 1.06 bits per heavy atom. The van der Waals surface area contributed by atoms with Gasteiger partial charge in [-0.1, -0.05) is 26.7 Å². The van der Waals surface area contributed by atoms with Crippen LogP contribution in [0, 0.1) is 0 Å².